The molecule has 35 heavy (non-hydrogen) atoms. The van der Waals surface area contributed by atoms with Gasteiger partial charge in [-0.25, -0.2) is 18.4 Å². The Kier molecular flexibility index (Phi) is 6.84. The first-order chi connectivity index (χ1) is 16.4. The van der Waals surface area contributed by atoms with Crippen molar-refractivity contribution in [2.24, 2.45) is 5.92 Å². The van der Waals surface area contributed by atoms with Crippen molar-refractivity contribution in [1.82, 2.24) is 20.3 Å². The summed E-state index contributed by atoms with van der Waals surface area (Å²) in [4.78, 5) is 24.5. The molecule has 1 aliphatic rings. The molecule has 1 atom stereocenters. The van der Waals surface area contributed by atoms with E-state index in [1.165, 1.54) is 18.6 Å². The molecule has 4 N–H and O–H groups in total. The van der Waals surface area contributed by atoms with Crippen molar-refractivity contribution in [1.29, 1.82) is 0 Å². The Morgan fingerprint density at radius 1 is 1.23 bits per heavy atom. The molecule has 188 valence electrons. The number of nitrogens with one attached hydrogen (secondary N) is 3. The van der Waals surface area contributed by atoms with Crippen LogP contribution in [0.5, 0.6) is 0 Å². The first-order valence-electron chi connectivity index (χ1n) is 11.1. The summed E-state index contributed by atoms with van der Waals surface area (Å²) in [6, 6.07) is 4.61. The van der Waals surface area contributed by atoms with Gasteiger partial charge in [-0.3, -0.25) is 9.35 Å². The molecule has 0 saturated heterocycles. The number of aromatic amines is 1. The number of amides is 1. The zero-order chi connectivity index (χ0) is 25.4. The molecule has 0 fully saturated rings. The van der Waals surface area contributed by atoms with E-state index in [1.807, 2.05) is 0 Å². The molecule has 0 aliphatic heterocycles. The summed E-state index contributed by atoms with van der Waals surface area (Å²) in [5.41, 5.74) is 3.31. The number of carbonyl (C=O) groups excluding carboxylic acids is 1. The number of carbonyl (C=O) groups is 1. The fourth-order valence-electron chi connectivity index (χ4n) is 4.34. The van der Waals surface area contributed by atoms with Gasteiger partial charge in [0.1, 0.15) is 27.6 Å². The highest BCUT2D eigenvalue weighted by Crippen LogP contribution is 2.35. The zero-order valence-corrected chi connectivity index (χ0v) is 21.0. The molecule has 1 amide bonds. The van der Waals surface area contributed by atoms with Crippen LogP contribution in [0.25, 0.3) is 11.0 Å². The molecule has 11 nitrogen and oxygen atoms in total. The Bertz CT molecular complexity index is 1500. The average Bonchev–Trinajstić information content (AvgIpc) is 3.15. The van der Waals surface area contributed by atoms with Crippen LogP contribution in [0.1, 0.15) is 29.7 Å². The minimum atomic E-state index is -4.39. The molecule has 3 aromatic rings. The van der Waals surface area contributed by atoms with Crippen molar-refractivity contribution >= 4 is 48.4 Å². The predicted octanol–water partition coefficient (Wildman–Crippen LogP) is 1.91. The van der Waals surface area contributed by atoms with Crippen molar-refractivity contribution in [3.05, 3.63) is 41.3 Å². The van der Waals surface area contributed by atoms with E-state index in [1.54, 1.807) is 19.1 Å². The average molecular weight is 522 g/mol. The zero-order valence-electron chi connectivity index (χ0n) is 19.3. The van der Waals surface area contributed by atoms with E-state index in [0.29, 0.717) is 60.3 Å². The quantitative estimate of drug-likeness (QED) is 0.255. The van der Waals surface area contributed by atoms with Crippen LogP contribution in [0.2, 0.25) is 0 Å². The molecule has 1 aromatic carbocycles. The fourth-order valence-corrected chi connectivity index (χ4v) is 5.76. The number of H-pyrrole nitrogens is 1. The third-order valence-electron chi connectivity index (χ3n) is 6.07. The van der Waals surface area contributed by atoms with Crippen molar-refractivity contribution in [3.8, 4) is 0 Å². The van der Waals surface area contributed by atoms with Gasteiger partial charge in [-0.1, -0.05) is 6.07 Å². The number of aryl methyl sites for hydroxylation is 2. The van der Waals surface area contributed by atoms with Gasteiger partial charge in [0.2, 0.25) is 5.91 Å². The molecule has 2 aromatic heterocycles. The maximum atomic E-state index is 12.7. The van der Waals surface area contributed by atoms with Crippen molar-refractivity contribution < 1.29 is 26.2 Å². The Labute approximate surface area is 203 Å². The smallest absolute Gasteiger partial charge is 0.294 e. The Morgan fingerprint density at radius 2 is 2.00 bits per heavy atom. The molecule has 13 heteroatoms. The van der Waals surface area contributed by atoms with Gasteiger partial charge >= 0.3 is 0 Å². The van der Waals surface area contributed by atoms with Gasteiger partial charge in [0.05, 0.1) is 16.0 Å². The summed E-state index contributed by atoms with van der Waals surface area (Å²) in [7, 11) is -7.46. The highest BCUT2D eigenvalue weighted by atomic mass is 32.2. The SMILES string of the molecule is Cc1ccc(Nc2ncnc3[nH]c4c(c23)CC(C(=O)NCCCS(C)(=O)=O)CC4)cc1S(=O)(=O)O. The third-order valence-corrected chi connectivity index (χ3v) is 8.09. The van der Waals surface area contributed by atoms with Crippen LogP contribution < -0.4 is 10.6 Å². The number of sulfone groups is 1. The maximum Gasteiger partial charge on any atom is 0.294 e. The van der Waals surface area contributed by atoms with E-state index in [9.17, 15) is 26.2 Å². The lowest BCUT2D eigenvalue weighted by Gasteiger charge is -2.22. The second kappa shape index (κ2) is 9.55. The lowest BCUT2D eigenvalue weighted by molar-refractivity contribution is -0.125. The fraction of sp³-hybridized carbons (Fsp3) is 0.409. The number of rotatable bonds is 8. The number of hydrogen-bond donors (Lipinski definition) is 4. The number of benzene rings is 1. The van der Waals surface area contributed by atoms with E-state index >= 15 is 0 Å². The summed E-state index contributed by atoms with van der Waals surface area (Å²) in [5, 5.41) is 6.67. The highest BCUT2D eigenvalue weighted by molar-refractivity contribution is 7.90. The second-order valence-electron chi connectivity index (χ2n) is 8.82. The van der Waals surface area contributed by atoms with Crippen LogP contribution in [0.15, 0.2) is 29.4 Å². The lowest BCUT2D eigenvalue weighted by Crippen LogP contribution is -2.35. The number of anilines is 2. The van der Waals surface area contributed by atoms with Crippen molar-refractivity contribution in [3.63, 3.8) is 0 Å². The molecular formula is C22H27N5O6S2. The molecule has 2 heterocycles. The molecule has 0 bridgehead atoms. The van der Waals surface area contributed by atoms with Gasteiger partial charge in [-0.2, -0.15) is 8.42 Å². The summed E-state index contributed by atoms with van der Waals surface area (Å²) in [5.74, 6) is 0.0706. The largest absolute Gasteiger partial charge is 0.356 e. The Hall–Kier alpha value is -3.03. The summed E-state index contributed by atoms with van der Waals surface area (Å²) < 4.78 is 55.5. The summed E-state index contributed by atoms with van der Waals surface area (Å²) in [6.07, 6.45) is 4.66. The topological polar surface area (TPSA) is 171 Å². The van der Waals surface area contributed by atoms with Crippen LogP contribution in [0.4, 0.5) is 11.5 Å². The first kappa shape index (κ1) is 25.1. The number of aromatic nitrogens is 3. The predicted molar refractivity (Wildman–Crippen MR) is 131 cm³/mol. The Balaban J connectivity index is 1.57. The van der Waals surface area contributed by atoms with Crippen LogP contribution in [-0.2, 0) is 37.6 Å². The van der Waals surface area contributed by atoms with Crippen LogP contribution in [0.3, 0.4) is 0 Å². The molecule has 0 radical (unpaired) electrons. The second-order valence-corrected chi connectivity index (χ2v) is 12.5. The minimum absolute atomic E-state index is 0.0230. The highest BCUT2D eigenvalue weighted by Gasteiger charge is 2.29. The number of fused-ring (bicyclic) bond motifs is 3. The van der Waals surface area contributed by atoms with Gasteiger partial charge in [0.15, 0.2) is 0 Å². The molecule has 4 rings (SSSR count). The van der Waals surface area contributed by atoms with E-state index in [-0.39, 0.29) is 22.5 Å². The molecule has 1 aliphatic carbocycles. The van der Waals surface area contributed by atoms with Gasteiger partial charge in [-0.05, 0) is 55.9 Å². The van der Waals surface area contributed by atoms with Gasteiger partial charge in [-0.15, -0.1) is 0 Å². The molecular weight excluding hydrogens is 494 g/mol. The van der Waals surface area contributed by atoms with Crippen LogP contribution >= 0.6 is 0 Å². The lowest BCUT2D eigenvalue weighted by atomic mass is 9.86. The summed E-state index contributed by atoms with van der Waals surface area (Å²) in [6.45, 7) is 1.88. The van der Waals surface area contributed by atoms with Gasteiger partial charge in [0.25, 0.3) is 10.1 Å². The maximum absolute atomic E-state index is 12.7. The molecule has 1 unspecified atom stereocenters. The third kappa shape index (κ3) is 5.80. The normalized spacial score (nSPS) is 16.1. The van der Waals surface area contributed by atoms with E-state index in [0.717, 1.165) is 11.3 Å². The van der Waals surface area contributed by atoms with Gasteiger partial charge < -0.3 is 15.6 Å². The van der Waals surface area contributed by atoms with Crippen molar-refractivity contribution in [2.75, 3.05) is 23.9 Å². The van der Waals surface area contributed by atoms with E-state index in [2.05, 4.69) is 25.6 Å². The van der Waals surface area contributed by atoms with E-state index < -0.39 is 20.0 Å². The number of nitrogens with zero attached hydrogens (tertiary/aromatic N) is 2. The summed E-state index contributed by atoms with van der Waals surface area (Å²) >= 11 is 0. The first-order valence-corrected chi connectivity index (χ1v) is 14.6. The van der Waals surface area contributed by atoms with Gasteiger partial charge in [0, 0.05) is 30.1 Å². The van der Waals surface area contributed by atoms with Crippen molar-refractivity contribution in [2.45, 2.75) is 37.5 Å². The van der Waals surface area contributed by atoms with Crippen LogP contribution in [0, 0.1) is 12.8 Å². The minimum Gasteiger partial charge on any atom is -0.356 e. The Morgan fingerprint density at radius 3 is 2.71 bits per heavy atom. The monoisotopic (exact) mass is 521 g/mol. The molecule has 0 saturated carbocycles. The van der Waals surface area contributed by atoms with Crippen LogP contribution in [-0.4, -0.2) is 60.8 Å². The standard InChI is InChI=1S/C22H27N5O6S2/c1-13-4-6-15(11-18(13)35(31,32)33)26-20-19-16-10-14(22(28)23-8-3-9-34(2,29)30)5-7-17(16)27-21(19)25-12-24-20/h4,6,11-12,14H,3,5,7-10H2,1-2H3,(H,23,28)(H,31,32,33)(H2,24,25,26,27). The number of hydrogen-bond acceptors (Lipinski definition) is 8. The molecule has 0 spiro atoms. The van der Waals surface area contributed by atoms with E-state index in [4.69, 9.17) is 0 Å².